The van der Waals surface area contributed by atoms with Crippen molar-refractivity contribution >= 4 is 33.3 Å². The molecule has 0 unspecified atom stereocenters. The molecule has 4 heterocycles. The average Bonchev–Trinajstić information content (AvgIpc) is 3.25. The van der Waals surface area contributed by atoms with E-state index in [1.54, 1.807) is 39.7 Å². The maximum Gasteiger partial charge on any atom is 0.324 e. The Morgan fingerprint density at radius 1 is 1.23 bits per heavy atom. The summed E-state index contributed by atoms with van der Waals surface area (Å²) < 4.78 is 1.72. The van der Waals surface area contributed by atoms with Crippen molar-refractivity contribution < 1.29 is 4.92 Å². The van der Waals surface area contributed by atoms with E-state index in [1.165, 1.54) is 0 Å². The number of hydrogen-bond acceptors (Lipinski definition) is 6. The molecular weight excluding hydrogens is 320 g/mol. The second-order valence-electron chi connectivity index (χ2n) is 4.57. The summed E-state index contributed by atoms with van der Waals surface area (Å²) in [7, 11) is 0. The molecule has 0 spiro atoms. The molecule has 0 saturated heterocycles. The lowest BCUT2D eigenvalue weighted by molar-refractivity contribution is -0.380. The van der Waals surface area contributed by atoms with Crippen LogP contribution in [0.1, 0.15) is 0 Å². The second kappa shape index (κ2) is 5.00. The van der Waals surface area contributed by atoms with Gasteiger partial charge in [0.25, 0.3) is 0 Å². The van der Waals surface area contributed by atoms with Crippen LogP contribution in [-0.2, 0) is 0 Å². The average molecular weight is 328 g/mol. The molecule has 0 aromatic carbocycles. The van der Waals surface area contributed by atoms with E-state index in [-0.39, 0.29) is 9.92 Å². The van der Waals surface area contributed by atoms with E-state index >= 15 is 0 Å². The minimum absolute atomic E-state index is 0.116. The second-order valence-corrected chi connectivity index (χ2v) is 6.24. The van der Waals surface area contributed by atoms with Crippen molar-refractivity contribution in [3.8, 4) is 22.4 Å². The van der Waals surface area contributed by atoms with Crippen LogP contribution >= 0.6 is 22.7 Å². The van der Waals surface area contributed by atoms with Crippen molar-refractivity contribution in [1.29, 1.82) is 0 Å². The number of fused-ring (bicyclic) bond motifs is 1. The summed E-state index contributed by atoms with van der Waals surface area (Å²) in [5.74, 6) is 0. The number of hydrogen-bond donors (Lipinski definition) is 0. The Bertz CT molecular complexity index is 972. The van der Waals surface area contributed by atoms with Crippen molar-refractivity contribution in [3.63, 3.8) is 0 Å². The molecule has 6 nitrogen and oxygen atoms in total. The molecule has 0 bridgehead atoms. The Balaban J connectivity index is 1.90. The lowest BCUT2D eigenvalue weighted by Crippen LogP contribution is -1.94. The van der Waals surface area contributed by atoms with E-state index in [1.807, 2.05) is 22.9 Å². The van der Waals surface area contributed by atoms with Crippen molar-refractivity contribution in [2.24, 2.45) is 0 Å². The molecule has 8 heteroatoms. The highest BCUT2D eigenvalue weighted by molar-refractivity contribution is 7.13. The summed E-state index contributed by atoms with van der Waals surface area (Å²) in [6.07, 6.45) is 3.47. The molecule has 0 saturated carbocycles. The normalized spacial score (nSPS) is 11.1. The molecule has 0 aliphatic carbocycles. The predicted molar refractivity (Wildman–Crippen MR) is 86.3 cm³/mol. The third kappa shape index (κ3) is 2.00. The van der Waals surface area contributed by atoms with E-state index in [9.17, 15) is 10.1 Å². The Hall–Kier alpha value is -2.58. The summed E-state index contributed by atoms with van der Waals surface area (Å²) in [6, 6.07) is 5.39. The van der Waals surface area contributed by atoms with Gasteiger partial charge in [-0.2, -0.15) is 16.4 Å². The summed E-state index contributed by atoms with van der Waals surface area (Å²) in [5.41, 5.74) is 4.32. The first-order valence-corrected chi connectivity index (χ1v) is 8.15. The van der Waals surface area contributed by atoms with Crippen LogP contribution in [0.2, 0.25) is 0 Å². The van der Waals surface area contributed by atoms with Gasteiger partial charge in [0.05, 0.1) is 16.8 Å². The topological polar surface area (TPSA) is 73.3 Å². The van der Waals surface area contributed by atoms with Gasteiger partial charge in [-0.15, -0.1) is 0 Å². The van der Waals surface area contributed by atoms with E-state index in [2.05, 4.69) is 10.1 Å². The van der Waals surface area contributed by atoms with Crippen molar-refractivity contribution in [2.45, 2.75) is 0 Å². The van der Waals surface area contributed by atoms with E-state index in [0.29, 0.717) is 0 Å². The molecule has 0 radical (unpaired) electrons. The van der Waals surface area contributed by atoms with Crippen molar-refractivity contribution in [1.82, 2.24) is 14.6 Å². The van der Waals surface area contributed by atoms with Gasteiger partial charge in [-0.25, -0.2) is 9.50 Å². The quantitative estimate of drug-likeness (QED) is 0.419. The Labute approximate surface area is 132 Å². The van der Waals surface area contributed by atoms with Gasteiger partial charge in [-0.3, -0.25) is 10.1 Å². The van der Waals surface area contributed by atoms with Gasteiger partial charge in [-0.1, -0.05) is 11.3 Å². The van der Waals surface area contributed by atoms with Crippen LogP contribution in [0.5, 0.6) is 0 Å². The molecule has 4 rings (SSSR count). The zero-order valence-electron chi connectivity index (χ0n) is 11.0. The summed E-state index contributed by atoms with van der Waals surface area (Å²) in [4.78, 5) is 14.9. The van der Waals surface area contributed by atoms with Crippen molar-refractivity contribution in [2.75, 3.05) is 0 Å². The minimum Gasteiger partial charge on any atom is -0.258 e. The SMILES string of the molecule is O=[N+]([O-])c1cc(-c2ccnc3c(-c4ccsc4)cnn23)cs1. The molecular formula is C14H8N4O2S2. The van der Waals surface area contributed by atoms with E-state index < -0.39 is 0 Å². The summed E-state index contributed by atoms with van der Waals surface area (Å²) in [6.45, 7) is 0. The smallest absolute Gasteiger partial charge is 0.258 e. The molecule has 108 valence electrons. The first-order chi connectivity index (χ1) is 10.7. The molecule has 0 amide bonds. The van der Waals surface area contributed by atoms with Gasteiger partial charge in [0, 0.05) is 28.8 Å². The Kier molecular flexibility index (Phi) is 2.98. The lowest BCUT2D eigenvalue weighted by Gasteiger charge is -2.02. The molecule has 0 aliphatic heterocycles. The number of aromatic nitrogens is 3. The van der Waals surface area contributed by atoms with E-state index in [4.69, 9.17) is 0 Å². The summed E-state index contributed by atoms with van der Waals surface area (Å²) >= 11 is 2.72. The van der Waals surface area contributed by atoms with Gasteiger partial charge in [0.15, 0.2) is 5.65 Å². The Morgan fingerprint density at radius 3 is 2.86 bits per heavy atom. The van der Waals surface area contributed by atoms with Gasteiger partial charge in [-0.05, 0) is 28.5 Å². The zero-order valence-corrected chi connectivity index (χ0v) is 12.7. The highest BCUT2D eigenvalue weighted by atomic mass is 32.1. The molecule has 0 atom stereocenters. The number of thiophene rings is 2. The van der Waals surface area contributed by atoms with Crippen LogP contribution in [0, 0.1) is 10.1 Å². The zero-order chi connectivity index (χ0) is 15.1. The third-order valence-electron chi connectivity index (χ3n) is 3.29. The molecule has 0 aliphatic rings. The first kappa shape index (κ1) is 13.1. The van der Waals surface area contributed by atoms with Crippen LogP contribution in [0.3, 0.4) is 0 Å². The van der Waals surface area contributed by atoms with Crippen LogP contribution in [0.4, 0.5) is 5.00 Å². The maximum atomic E-state index is 10.9. The van der Waals surface area contributed by atoms with Crippen LogP contribution < -0.4 is 0 Å². The van der Waals surface area contributed by atoms with E-state index in [0.717, 1.165) is 39.4 Å². The van der Waals surface area contributed by atoms with Crippen molar-refractivity contribution in [3.05, 3.63) is 56.8 Å². The highest BCUT2D eigenvalue weighted by Gasteiger charge is 2.15. The highest BCUT2D eigenvalue weighted by Crippen LogP contribution is 2.32. The van der Waals surface area contributed by atoms with Crippen LogP contribution in [0.25, 0.3) is 28.0 Å². The molecule has 0 fully saturated rings. The van der Waals surface area contributed by atoms with Gasteiger partial charge in [0.2, 0.25) is 0 Å². The standard InChI is InChI=1S/C14H8N4O2S2/c19-18(20)13-5-10(8-22-13)12-1-3-15-14-11(6-16-17(12)14)9-2-4-21-7-9/h1-8H. The molecule has 0 N–H and O–H groups in total. The fourth-order valence-electron chi connectivity index (χ4n) is 2.29. The van der Waals surface area contributed by atoms with Gasteiger partial charge in [0.1, 0.15) is 0 Å². The van der Waals surface area contributed by atoms with Crippen LogP contribution in [-0.4, -0.2) is 19.5 Å². The predicted octanol–water partition coefficient (Wildman–Crippen LogP) is 4.09. The largest absolute Gasteiger partial charge is 0.324 e. The fraction of sp³-hybridized carbons (Fsp3) is 0. The number of rotatable bonds is 3. The minimum atomic E-state index is -0.383. The maximum absolute atomic E-state index is 10.9. The van der Waals surface area contributed by atoms with Crippen LogP contribution in [0.15, 0.2) is 46.7 Å². The monoisotopic (exact) mass is 328 g/mol. The number of nitrogens with zero attached hydrogens (tertiary/aromatic N) is 4. The van der Waals surface area contributed by atoms with Gasteiger partial charge < -0.3 is 0 Å². The molecule has 4 aromatic rings. The Morgan fingerprint density at radius 2 is 2.14 bits per heavy atom. The molecule has 22 heavy (non-hydrogen) atoms. The molecule has 4 aromatic heterocycles. The summed E-state index contributed by atoms with van der Waals surface area (Å²) in [5, 5.41) is 21.2. The third-order valence-corrected chi connectivity index (χ3v) is 4.86. The lowest BCUT2D eigenvalue weighted by atomic mass is 10.2. The fourth-order valence-corrected chi connectivity index (χ4v) is 3.66. The van der Waals surface area contributed by atoms with Gasteiger partial charge >= 0.3 is 5.00 Å². The number of nitro groups is 1. The first-order valence-electron chi connectivity index (χ1n) is 6.32.